The molecule has 1 N–H and O–H groups in total. The van der Waals surface area contributed by atoms with Crippen LogP contribution in [-0.2, 0) is 4.79 Å². The standard InChI is InChI=1S/C20H20N2O3S/c1-13(17-12-14-6-2-3-8-16(14)25-17)21-19(23)15-7-4-10-22(15)20(24)18-9-5-11-26-18/h2-3,5-6,8-9,11-13,15H,4,7,10H2,1H3,(H,21,23)/t13?,15-/m0/s1. The van der Waals surface area contributed by atoms with E-state index in [1.807, 2.05) is 48.7 Å². The van der Waals surface area contributed by atoms with Crippen LogP contribution in [0.4, 0.5) is 0 Å². The number of fused-ring (bicyclic) bond motifs is 1. The quantitative estimate of drug-likeness (QED) is 0.758. The summed E-state index contributed by atoms with van der Waals surface area (Å²) in [4.78, 5) is 27.8. The number of nitrogens with zero attached hydrogens (tertiary/aromatic N) is 1. The molecule has 26 heavy (non-hydrogen) atoms. The number of hydrogen-bond donors (Lipinski definition) is 1. The second kappa shape index (κ2) is 6.96. The van der Waals surface area contributed by atoms with Gasteiger partial charge in [-0.3, -0.25) is 9.59 Å². The maximum Gasteiger partial charge on any atom is 0.264 e. The summed E-state index contributed by atoms with van der Waals surface area (Å²) in [5.74, 6) is 0.531. The Morgan fingerprint density at radius 2 is 2.12 bits per heavy atom. The fourth-order valence-corrected chi connectivity index (χ4v) is 4.10. The SMILES string of the molecule is CC(NC(=O)[C@@H]1CCCN1C(=O)c1cccs1)c1cc2ccccc2o1. The first-order chi connectivity index (χ1) is 12.6. The summed E-state index contributed by atoms with van der Waals surface area (Å²) < 4.78 is 5.83. The average Bonchev–Trinajstić information content (AvgIpc) is 3.40. The van der Waals surface area contributed by atoms with Crippen molar-refractivity contribution in [1.29, 1.82) is 0 Å². The van der Waals surface area contributed by atoms with Gasteiger partial charge in [0.25, 0.3) is 5.91 Å². The molecule has 3 aromatic rings. The molecular formula is C20H20N2O3S. The van der Waals surface area contributed by atoms with Crippen molar-refractivity contribution < 1.29 is 14.0 Å². The van der Waals surface area contributed by atoms with Crippen molar-refractivity contribution in [3.05, 3.63) is 58.5 Å². The van der Waals surface area contributed by atoms with E-state index in [2.05, 4.69) is 5.32 Å². The van der Waals surface area contributed by atoms with E-state index in [9.17, 15) is 9.59 Å². The molecule has 4 rings (SSSR count). The van der Waals surface area contributed by atoms with Crippen molar-refractivity contribution in [2.45, 2.75) is 31.8 Å². The second-order valence-corrected chi connectivity index (χ2v) is 7.50. The summed E-state index contributed by atoms with van der Waals surface area (Å²) in [5.41, 5.74) is 0.805. The van der Waals surface area contributed by atoms with Crippen molar-refractivity contribution in [1.82, 2.24) is 10.2 Å². The first-order valence-electron chi connectivity index (χ1n) is 8.77. The number of likely N-dealkylation sites (tertiary alicyclic amines) is 1. The molecule has 2 atom stereocenters. The van der Waals surface area contributed by atoms with Gasteiger partial charge in [-0.05, 0) is 43.3 Å². The molecule has 0 saturated carbocycles. The summed E-state index contributed by atoms with van der Waals surface area (Å²) in [5, 5.41) is 5.90. The summed E-state index contributed by atoms with van der Waals surface area (Å²) in [6.07, 6.45) is 1.53. The highest BCUT2D eigenvalue weighted by Crippen LogP contribution is 2.26. The predicted molar refractivity (Wildman–Crippen MR) is 101 cm³/mol. The molecule has 6 heteroatoms. The Labute approximate surface area is 155 Å². The van der Waals surface area contributed by atoms with Gasteiger partial charge in [-0.1, -0.05) is 24.3 Å². The van der Waals surface area contributed by atoms with Crippen LogP contribution < -0.4 is 5.32 Å². The lowest BCUT2D eigenvalue weighted by Crippen LogP contribution is -2.46. The number of amides is 2. The number of para-hydroxylation sites is 1. The minimum atomic E-state index is -0.420. The number of rotatable bonds is 4. The lowest BCUT2D eigenvalue weighted by molar-refractivity contribution is -0.125. The van der Waals surface area contributed by atoms with Crippen LogP contribution in [0, 0.1) is 0 Å². The van der Waals surface area contributed by atoms with Crippen molar-refractivity contribution >= 4 is 34.1 Å². The molecule has 3 heterocycles. The fourth-order valence-electron chi connectivity index (χ4n) is 3.42. The van der Waals surface area contributed by atoms with Crippen molar-refractivity contribution in [2.24, 2.45) is 0 Å². The number of thiophene rings is 1. The summed E-state index contributed by atoms with van der Waals surface area (Å²) in [6.45, 7) is 2.52. The molecule has 1 aliphatic rings. The van der Waals surface area contributed by atoms with Crippen LogP contribution in [0.2, 0.25) is 0 Å². The third kappa shape index (κ3) is 3.12. The Hall–Kier alpha value is -2.60. The van der Waals surface area contributed by atoms with Crippen LogP contribution in [0.5, 0.6) is 0 Å². The van der Waals surface area contributed by atoms with Gasteiger partial charge >= 0.3 is 0 Å². The number of hydrogen-bond acceptors (Lipinski definition) is 4. The van der Waals surface area contributed by atoms with E-state index in [0.717, 1.165) is 17.4 Å². The van der Waals surface area contributed by atoms with E-state index in [1.165, 1.54) is 11.3 Å². The highest BCUT2D eigenvalue weighted by atomic mass is 32.1. The van der Waals surface area contributed by atoms with Crippen LogP contribution in [0.1, 0.15) is 41.2 Å². The lowest BCUT2D eigenvalue weighted by Gasteiger charge is -2.24. The highest BCUT2D eigenvalue weighted by Gasteiger charge is 2.35. The number of carbonyl (C=O) groups is 2. The molecule has 2 aromatic heterocycles. The molecule has 5 nitrogen and oxygen atoms in total. The fraction of sp³-hybridized carbons (Fsp3) is 0.300. The van der Waals surface area contributed by atoms with Crippen LogP contribution in [0.3, 0.4) is 0 Å². The molecule has 1 aliphatic heterocycles. The van der Waals surface area contributed by atoms with Gasteiger partial charge in [0.15, 0.2) is 0 Å². The second-order valence-electron chi connectivity index (χ2n) is 6.55. The average molecular weight is 368 g/mol. The van der Waals surface area contributed by atoms with E-state index in [-0.39, 0.29) is 17.9 Å². The molecule has 1 unspecified atom stereocenters. The molecule has 0 spiro atoms. The predicted octanol–water partition coefficient (Wildman–Crippen LogP) is 3.98. The van der Waals surface area contributed by atoms with E-state index in [1.54, 1.807) is 11.0 Å². The van der Waals surface area contributed by atoms with Gasteiger partial charge < -0.3 is 14.6 Å². The Bertz CT molecular complexity index is 899. The van der Waals surface area contributed by atoms with Crippen LogP contribution >= 0.6 is 11.3 Å². The highest BCUT2D eigenvalue weighted by molar-refractivity contribution is 7.12. The first kappa shape index (κ1) is 16.8. The number of nitrogens with one attached hydrogen (secondary N) is 1. The number of furan rings is 1. The van der Waals surface area contributed by atoms with E-state index in [0.29, 0.717) is 23.6 Å². The molecule has 0 radical (unpaired) electrons. The van der Waals surface area contributed by atoms with Crippen molar-refractivity contribution in [3.8, 4) is 0 Å². The first-order valence-corrected chi connectivity index (χ1v) is 9.65. The molecule has 0 bridgehead atoms. The van der Waals surface area contributed by atoms with Crippen LogP contribution in [0.25, 0.3) is 11.0 Å². The minimum absolute atomic E-state index is 0.0611. The Kier molecular flexibility index (Phi) is 4.51. The Morgan fingerprint density at radius 3 is 2.88 bits per heavy atom. The van der Waals surface area contributed by atoms with Gasteiger partial charge in [-0.2, -0.15) is 0 Å². The van der Waals surface area contributed by atoms with Gasteiger partial charge in [-0.15, -0.1) is 11.3 Å². The number of benzene rings is 1. The summed E-state index contributed by atoms with van der Waals surface area (Å²) >= 11 is 1.41. The minimum Gasteiger partial charge on any atom is -0.459 e. The van der Waals surface area contributed by atoms with Gasteiger partial charge in [0.1, 0.15) is 17.4 Å². The molecular weight excluding hydrogens is 348 g/mol. The molecule has 1 aromatic carbocycles. The molecule has 1 saturated heterocycles. The van der Waals surface area contributed by atoms with Crippen LogP contribution in [-0.4, -0.2) is 29.3 Å². The topological polar surface area (TPSA) is 62.6 Å². The molecule has 2 amide bonds. The smallest absolute Gasteiger partial charge is 0.264 e. The number of carbonyl (C=O) groups excluding carboxylic acids is 2. The monoisotopic (exact) mass is 368 g/mol. The summed E-state index contributed by atoms with van der Waals surface area (Å²) in [6, 6.07) is 12.7. The zero-order valence-corrected chi connectivity index (χ0v) is 15.3. The zero-order valence-electron chi connectivity index (χ0n) is 14.5. The largest absolute Gasteiger partial charge is 0.459 e. The lowest BCUT2D eigenvalue weighted by atomic mass is 10.1. The van der Waals surface area contributed by atoms with Gasteiger partial charge in [0.2, 0.25) is 5.91 Å². The van der Waals surface area contributed by atoms with E-state index in [4.69, 9.17) is 4.42 Å². The molecule has 134 valence electrons. The Balaban J connectivity index is 1.47. The van der Waals surface area contributed by atoms with Gasteiger partial charge in [0, 0.05) is 11.9 Å². The van der Waals surface area contributed by atoms with Crippen LogP contribution in [0.15, 0.2) is 52.3 Å². The molecule has 0 aliphatic carbocycles. The van der Waals surface area contributed by atoms with Crippen molar-refractivity contribution in [2.75, 3.05) is 6.54 Å². The normalized spacial score (nSPS) is 18.2. The summed E-state index contributed by atoms with van der Waals surface area (Å²) in [7, 11) is 0. The van der Waals surface area contributed by atoms with Gasteiger partial charge in [-0.25, -0.2) is 0 Å². The maximum absolute atomic E-state index is 12.8. The van der Waals surface area contributed by atoms with E-state index < -0.39 is 6.04 Å². The maximum atomic E-state index is 12.8. The van der Waals surface area contributed by atoms with E-state index >= 15 is 0 Å². The third-order valence-corrected chi connectivity index (χ3v) is 5.64. The third-order valence-electron chi connectivity index (χ3n) is 4.78. The molecule has 1 fully saturated rings. The van der Waals surface area contributed by atoms with Crippen molar-refractivity contribution in [3.63, 3.8) is 0 Å². The zero-order chi connectivity index (χ0) is 18.1. The van der Waals surface area contributed by atoms with Gasteiger partial charge in [0.05, 0.1) is 10.9 Å². The Morgan fingerprint density at radius 1 is 1.27 bits per heavy atom.